The summed E-state index contributed by atoms with van der Waals surface area (Å²) >= 11 is 0. The molecule has 1 aromatic carbocycles. The summed E-state index contributed by atoms with van der Waals surface area (Å²) in [7, 11) is 1.70. The van der Waals surface area contributed by atoms with Gasteiger partial charge in [0, 0.05) is 32.4 Å². The average molecular weight is 275 g/mol. The Morgan fingerprint density at radius 1 is 1.35 bits per heavy atom. The number of carboxylic acid groups (broad SMARTS) is 1. The standard InChI is InChI=1S/C16H21NO3/c1-3-13(14-8-5-4-6-9-14)12-15(18)17(2)11-7-10-16(19)20/h3-6,8-9,13H,1,7,10-12H2,2H3,(H,19,20). The number of nitrogens with zero attached hydrogens (tertiary/aromatic N) is 1. The second-order valence-electron chi connectivity index (χ2n) is 4.77. The van der Waals surface area contributed by atoms with Crippen molar-refractivity contribution >= 4 is 11.9 Å². The Morgan fingerprint density at radius 3 is 2.55 bits per heavy atom. The normalized spacial score (nSPS) is 11.7. The van der Waals surface area contributed by atoms with Crippen LogP contribution in [-0.2, 0) is 9.59 Å². The number of carbonyl (C=O) groups is 2. The molecule has 1 unspecified atom stereocenters. The lowest BCUT2D eigenvalue weighted by atomic mass is 9.95. The van der Waals surface area contributed by atoms with Crippen molar-refractivity contribution in [1.29, 1.82) is 0 Å². The summed E-state index contributed by atoms with van der Waals surface area (Å²) in [4.78, 5) is 24.1. The molecule has 0 aliphatic heterocycles. The highest BCUT2D eigenvalue weighted by atomic mass is 16.4. The molecular weight excluding hydrogens is 254 g/mol. The van der Waals surface area contributed by atoms with Crippen molar-refractivity contribution in [1.82, 2.24) is 4.90 Å². The lowest BCUT2D eigenvalue weighted by Crippen LogP contribution is -2.29. The lowest BCUT2D eigenvalue weighted by Gasteiger charge is -2.20. The van der Waals surface area contributed by atoms with E-state index in [0.29, 0.717) is 19.4 Å². The summed E-state index contributed by atoms with van der Waals surface area (Å²) in [5.41, 5.74) is 1.06. The molecule has 0 spiro atoms. The third-order valence-electron chi connectivity index (χ3n) is 3.22. The van der Waals surface area contributed by atoms with Crippen molar-refractivity contribution in [2.45, 2.75) is 25.2 Å². The molecule has 0 aliphatic rings. The zero-order chi connectivity index (χ0) is 15.0. The van der Waals surface area contributed by atoms with E-state index in [9.17, 15) is 9.59 Å². The Labute approximate surface area is 119 Å². The number of allylic oxidation sites excluding steroid dienone is 1. The number of hydrogen-bond acceptors (Lipinski definition) is 2. The third kappa shape index (κ3) is 5.26. The molecule has 0 bridgehead atoms. The molecule has 0 saturated heterocycles. The summed E-state index contributed by atoms with van der Waals surface area (Å²) in [6.07, 6.45) is 2.69. The van der Waals surface area contributed by atoms with Crippen LogP contribution in [-0.4, -0.2) is 35.5 Å². The minimum absolute atomic E-state index is 0.00384. The van der Waals surface area contributed by atoms with Crippen molar-refractivity contribution in [3.8, 4) is 0 Å². The summed E-state index contributed by atoms with van der Waals surface area (Å²) in [5, 5.41) is 8.58. The van der Waals surface area contributed by atoms with Crippen molar-refractivity contribution in [2.24, 2.45) is 0 Å². The monoisotopic (exact) mass is 275 g/mol. The number of carbonyl (C=O) groups excluding carboxylic acids is 1. The molecule has 4 heteroatoms. The van der Waals surface area contributed by atoms with Crippen molar-refractivity contribution in [3.05, 3.63) is 48.6 Å². The van der Waals surface area contributed by atoms with Gasteiger partial charge in [-0.15, -0.1) is 6.58 Å². The first-order valence-electron chi connectivity index (χ1n) is 6.68. The molecule has 1 N–H and O–H groups in total. The fraction of sp³-hybridized carbons (Fsp3) is 0.375. The quantitative estimate of drug-likeness (QED) is 0.742. The van der Waals surface area contributed by atoms with Crippen LogP contribution >= 0.6 is 0 Å². The van der Waals surface area contributed by atoms with Gasteiger partial charge in [0.15, 0.2) is 0 Å². The van der Waals surface area contributed by atoms with E-state index in [-0.39, 0.29) is 18.2 Å². The van der Waals surface area contributed by atoms with Crippen LogP contribution in [0.2, 0.25) is 0 Å². The number of benzene rings is 1. The SMILES string of the molecule is C=CC(CC(=O)N(C)CCCC(=O)O)c1ccccc1. The van der Waals surface area contributed by atoms with E-state index in [1.54, 1.807) is 18.0 Å². The molecule has 1 atom stereocenters. The van der Waals surface area contributed by atoms with Crippen LogP contribution in [0, 0.1) is 0 Å². The summed E-state index contributed by atoms with van der Waals surface area (Å²) in [6, 6.07) is 9.76. The van der Waals surface area contributed by atoms with Gasteiger partial charge in [-0.05, 0) is 12.0 Å². The van der Waals surface area contributed by atoms with Crippen LogP contribution in [0.5, 0.6) is 0 Å². The second-order valence-corrected chi connectivity index (χ2v) is 4.77. The van der Waals surface area contributed by atoms with Crippen LogP contribution in [0.4, 0.5) is 0 Å². The van der Waals surface area contributed by atoms with E-state index in [1.165, 1.54) is 0 Å². The van der Waals surface area contributed by atoms with Crippen molar-refractivity contribution in [2.75, 3.05) is 13.6 Å². The molecule has 0 fully saturated rings. The minimum Gasteiger partial charge on any atom is -0.481 e. The largest absolute Gasteiger partial charge is 0.481 e. The van der Waals surface area contributed by atoms with Gasteiger partial charge in [-0.1, -0.05) is 36.4 Å². The fourth-order valence-electron chi connectivity index (χ4n) is 1.97. The molecule has 0 saturated carbocycles. The molecular formula is C16H21NO3. The van der Waals surface area contributed by atoms with Crippen LogP contribution in [0.25, 0.3) is 0 Å². The Hall–Kier alpha value is -2.10. The predicted octanol–water partition coefficient (Wildman–Crippen LogP) is 2.67. The lowest BCUT2D eigenvalue weighted by molar-refractivity contribution is -0.138. The topological polar surface area (TPSA) is 57.6 Å². The van der Waals surface area contributed by atoms with Crippen LogP contribution < -0.4 is 0 Å². The summed E-state index contributed by atoms with van der Waals surface area (Å²) < 4.78 is 0. The molecule has 1 amide bonds. The number of amides is 1. The molecule has 0 aromatic heterocycles. The highest BCUT2D eigenvalue weighted by Gasteiger charge is 2.16. The van der Waals surface area contributed by atoms with E-state index >= 15 is 0 Å². The highest BCUT2D eigenvalue weighted by molar-refractivity contribution is 5.77. The predicted molar refractivity (Wildman–Crippen MR) is 78.5 cm³/mol. The zero-order valence-electron chi connectivity index (χ0n) is 11.8. The third-order valence-corrected chi connectivity index (χ3v) is 3.22. The molecule has 1 rings (SSSR count). The van der Waals surface area contributed by atoms with Crippen LogP contribution in [0.1, 0.15) is 30.7 Å². The number of hydrogen-bond donors (Lipinski definition) is 1. The van der Waals surface area contributed by atoms with Crippen LogP contribution in [0.3, 0.4) is 0 Å². The van der Waals surface area contributed by atoms with Crippen molar-refractivity contribution < 1.29 is 14.7 Å². The molecule has 0 radical (unpaired) electrons. The Kier molecular flexibility index (Phi) is 6.50. The molecule has 4 nitrogen and oxygen atoms in total. The number of carboxylic acids is 1. The minimum atomic E-state index is -0.834. The smallest absolute Gasteiger partial charge is 0.303 e. The van der Waals surface area contributed by atoms with Gasteiger partial charge in [-0.3, -0.25) is 9.59 Å². The number of rotatable bonds is 8. The van der Waals surface area contributed by atoms with Gasteiger partial charge in [0.2, 0.25) is 5.91 Å². The van der Waals surface area contributed by atoms with Crippen molar-refractivity contribution in [3.63, 3.8) is 0 Å². The zero-order valence-corrected chi connectivity index (χ0v) is 11.8. The Bertz CT molecular complexity index is 456. The maximum atomic E-state index is 12.1. The molecule has 20 heavy (non-hydrogen) atoms. The van der Waals surface area contributed by atoms with E-state index in [1.807, 2.05) is 30.3 Å². The van der Waals surface area contributed by atoms with E-state index < -0.39 is 5.97 Å². The first kappa shape index (κ1) is 16.0. The number of aliphatic carboxylic acids is 1. The highest BCUT2D eigenvalue weighted by Crippen LogP contribution is 2.21. The first-order valence-corrected chi connectivity index (χ1v) is 6.68. The molecule has 0 heterocycles. The second kappa shape index (κ2) is 8.15. The van der Waals surface area contributed by atoms with Crippen LogP contribution in [0.15, 0.2) is 43.0 Å². The van der Waals surface area contributed by atoms with Gasteiger partial charge in [0.25, 0.3) is 0 Å². The van der Waals surface area contributed by atoms with Gasteiger partial charge >= 0.3 is 5.97 Å². The van der Waals surface area contributed by atoms with Gasteiger partial charge < -0.3 is 10.0 Å². The molecule has 0 aliphatic carbocycles. The first-order chi connectivity index (χ1) is 9.54. The maximum absolute atomic E-state index is 12.1. The van der Waals surface area contributed by atoms with Gasteiger partial charge in [0.1, 0.15) is 0 Å². The van der Waals surface area contributed by atoms with E-state index in [2.05, 4.69) is 6.58 Å². The average Bonchev–Trinajstić information content (AvgIpc) is 2.44. The summed E-state index contributed by atoms with van der Waals surface area (Å²) in [5.74, 6) is -0.839. The molecule has 108 valence electrons. The fourth-order valence-corrected chi connectivity index (χ4v) is 1.97. The summed E-state index contributed by atoms with van der Waals surface area (Å²) in [6.45, 7) is 4.25. The van der Waals surface area contributed by atoms with E-state index in [4.69, 9.17) is 5.11 Å². The molecule has 1 aromatic rings. The Balaban J connectivity index is 2.51. The van der Waals surface area contributed by atoms with E-state index in [0.717, 1.165) is 5.56 Å². The van der Waals surface area contributed by atoms with Gasteiger partial charge in [-0.2, -0.15) is 0 Å². The van der Waals surface area contributed by atoms with Gasteiger partial charge in [0.05, 0.1) is 0 Å². The van der Waals surface area contributed by atoms with Gasteiger partial charge in [-0.25, -0.2) is 0 Å². The Morgan fingerprint density at radius 2 is 2.00 bits per heavy atom. The maximum Gasteiger partial charge on any atom is 0.303 e.